The molecule has 1 atom stereocenters. The number of anilines is 3. The molecule has 1 amide bonds. The van der Waals surface area contributed by atoms with Gasteiger partial charge in [-0.25, -0.2) is 9.97 Å². The molecule has 1 saturated heterocycles. The highest BCUT2D eigenvalue weighted by molar-refractivity contribution is 6.30. The Kier molecular flexibility index (Phi) is 8.40. The molecule has 0 saturated carbocycles. The van der Waals surface area contributed by atoms with Crippen LogP contribution in [0.2, 0.25) is 5.15 Å². The first-order valence-electron chi connectivity index (χ1n) is 11.0. The molecule has 1 aromatic heterocycles. The lowest BCUT2D eigenvalue weighted by Gasteiger charge is -2.42. The van der Waals surface area contributed by atoms with Gasteiger partial charge in [0.2, 0.25) is 5.95 Å². The highest BCUT2D eigenvalue weighted by Crippen LogP contribution is 2.34. The number of halogens is 7. The van der Waals surface area contributed by atoms with Crippen LogP contribution in [0.4, 0.5) is 43.7 Å². The summed E-state index contributed by atoms with van der Waals surface area (Å²) in [6, 6.07) is 4.23. The number of carbonyl (C=O) groups is 2. The van der Waals surface area contributed by atoms with E-state index in [1.807, 2.05) is 6.92 Å². The van der Waals surface area contributed by atoms with Crippen molar-refractivity contribution >= 4 is 40.8 Å². The van der Waals surface area contributed by atoms with Gasteiger partial charge in [0, 0.05) is 44.1 Å². The van der Waals surface area contributed by atoms with Crippen molar-refractivity contribution in [2.75, 3.05) is 36.5 Å². The van der Waals surface area contributed by atoms with E-state index in [2.05, 4.69) is 15.3 Å². The first kappa shape index (κ1) is 28.3. The predicted octanol–water partition coefficient (Wildman–Crippen LogP) is 4.60. The van der Waals surface area contributed by atoms with Gasteiger partial charge < -0.3 is 19.9 Å². The third-order valence-electron chi connectivity index (χ3n) is 5.59. The van der Waals surface area contributed by atoms with E-state index in [0.29, 0.717) is 34.5 Å². The molecule has 0 aliphatic carbocycles. The third-order valence-corrected chi connectivity index (χ3v) is 5.88. The van der Waals surface area contributed by atoms with Gasteiger partial charge >= 0.3 is 24.2 Å². The molecule has 1 N–H and O–H groups in total. The molecule has 1 aliphatic heterocycles. The summed E-state index contributed by atoms with van der Waals surface area (Å²) >= 11 is 5.66. The maximum atomic E-state index is 13.0. The summed E-state index contributed by atoms with van der Waals surface area (Å²) in [6.45, 7) is 2.27. The molecule has 2 aromatic rings. The number of carbonyl (C=O) groups excluding carboxylic acids is 2. The molecule has 1 aromatic carbocycles. The van der Waals surface area contributed by atoms with Crippen LogP contribution in [0.5, 0.6) is 0 Å². The number of nitrogens with zero attached hydrogens (tertiary/aromatic N) is 4. The molecule has 15 heteroatoms. The maximum Gasteiger partial charge on any atom is 0.471 e. The topological polar surface area (TPSA) is 87.7 Å². The van der Waals surface area contributed by atoms with Crippen LogP contribution in [0.15, 0.2) is 24.4 Å². The standard InChI is InChI=1S/C22H22ClF6N5O3/c1-3-13-8-14(4-5-17(13)31-20-30-9-16(18(23)32-20)21(24,25)26)34-7-6-33(19(36)22(27,28)29)10-15(34)11-37-12(2)35/h4-5,8-9,15H,3,6-7,10-11H2,1-2H3,(H,30,31,32)/t15-/m1/s1. The number of amides is 1. The zero-order chi connectivity index (χ0) is 27.5. The zero-order valence-corrected chi connectivity index (χ0v) is 20.3. The molecule has 0 radical (unpaired) electrons. The zero-order valence-electron chi connectivity index (χ0n) is 19.6. The van der Waals surface area contributed by atoms with E-state index in [1.54, 1.807) is 23.1 Å². The summed E-state index contributed by atoms with van der Waals surface area (Å²) < 4.78 is 82.6. The van der Waals surface area contributed by atoms with Crippen LogP contribution >= 0.6 is 11.6 Å². The molecule has 3 rings (SSSR count). The van der Waals surface area contributed by atoms with Crippen molar-refractivity contribution in [3.05, 3.63) is 40.7 Å². The Morgan fingerprint density at radius 2 is 1.89 bits per heavy atom. The largest absolute Gasteiger partial charge is 0.471 e. The van der Waals surface area contributed by atoms with Gasteiger partial charge in [0.15, 0.2) is 0 Å². The summed E-state index contributed by atoms with van der Waals surface area (Å²) in [5.41, 5.74) is 0.583. The summed E-state index contributed by atoms with van der Waals surface area (Å²) in [4.78, 5) is 32.8. The summed E-state index contributed by atoms with van der Waals surface area (Å²) in [6.07, 6.45) is -8.70. The van der Waals surface area contributed by atoms with E-state index in [-0.39, 0.29) is 32.2 Å². The number of rotatable bonds is 6. The number of hydrogen-bond donors (Lipinski definition) is 1. The molecule has 0 spiro atoms. The number of piperazine rings is 1. The SMILES string of the molecule is CCc1cc(N2CCN(C(=O)C(F)(F)F)C[C@@H]2COC(C)=O)ccc1Nc1ncc(C(F)(F)F)c(Cl)n1. The first-order valence-corrected chi connectivity index (χ1v) is 11.3. The summed E-state index contributed by atoms with van der Waals surface area (Å²) in [5, 5.41) is 2.06. The van der Waals surface area contributed by atoms with Gasteiger partial charge in [0.1, 0.15) is 17.3 Å². The fraction of sp³-hybridized carbons (Fsp3) is 0.455. The molecule has 0 unspecified atom stereocenters. The van der Waals surface area contributed by atoms with E-state index in [4.69, 9.17) is 16.3 Å². The average molecular weight is 554 g/mol. The number of aromatic nitrogens is 2. The smallest absolute Gasteiger partial charge is 0.464 e. The van der Waals surface area contributed by atoms with Crippen molar-refractivity contribution in [2.45, 2.75) is 38.7 Å². The van der Waals surface area contributed by atoms with E-state index < -0.39 is 41.0 Å². The van der Waals surface area contributed by atoms with Crippen LogP contribution < -0.4 is 10.2 Å². The van der Waals surface area contributed by atoms with Crippen molar-refractivity contribution in [2.24, 2.45) is 0 Å². The van der Waals surface area contributed by atoms with Gasteiger partial charge in [-0.2, -0.15) is 26.3 Å². The Hall–Kier alpha value is -3.29. The van der Waals surface area contributed by atoms with Crippen LogP contribution in [0.25, 0.3) is 0 Å². The van der Waals surface area contributed by atoms with Gasteiger partial charge in [-0.05, 0) is 30.2 Å². The molecule has 8 nitrogen and oxygen atoms in total. The molecule has 1 fully saturated rings. The van der Waals surface area contributed by atoms with Crippen LogP contribution in [-0.4, -0.2) is 65.2 Å². The molecule has 1 aliphatic rings. The van der Waals surface area contributed by atoms with Crippen LogP contribution in [0.1, 0.15) is 25.0 Å². The quantitative estimate of drug-likeness (QED) is 0.318. The molecule has 37 heavy (non-hydrogen) atoms. The van der Waals surface area contributed by atoms with Gasteiger partial charge in [-0.1, -0.05) is 18.5 Å². The van der Waals surface area contributed by atoms with Crippen molar-refractivity contribution in [3.8, 4) is 0 Å². The Morgan fingerprint density at radius 3 is 2.46 bits per heavy atom. The minimum absolute atomic E-state index is 0.0430. The second kappa shape index (κ2) is 11.0. The van der Waals surface area contributed by atoms with Gasteiger partial charge in [0.05, 0.1) is 6.04 Å². The van der Waals surface area contributed by atoms with Gasteiger partial charge in [-0.3, -0.25) is 9.59 Å². The van der Waals surface area contributed by atoms with E-state index in [9.17, 15) is 35.9 Å². The molecular formula is C22H22ClF6N5O3. The molecule has 0 bridgehead atoms. The van der Waals surface area contributed by atoms with E-state index >= 15 is 0 Å². The summed E-state index contributed by atoms with van der Waals surface area (Å²) in [7, 11) is 0. The summed E-state index contributed by atoms with van der Waals surface area (Å²) in [5.74, 6) is -2.75. The van der Waals surface area contributed by atoms with Crippen molar-refractivity contribution in [1.29, 1.82) is 0 Å². The maximum absolute atomic E-state index is 13.0. The molecular weight excluding hydrogens is 532 g/mol. The molecule has 202 valence electrons. The number of hydrogen-bond acceptors (Lipinski definition) is 7. The number of alkyl halides is 6. The lowest BCUT2D eigenvalue weighted by Crippen LogP contribution is -2.58. The first-order chi connectivity index (χ1) is 17.2. The number of nitrogens with one attached hydrogen (secondary N) is 1. The van der Waals surface area contributed by atoms with Crippen LogP contribution in [0, 0.1) is 0 Å². The Balaban J connectivity index is 1.85. The Labute approximate surface area is 212 Å². The van der Waals surface area contributed by atoms with E-state index in [0.717, 1.165) is 6.92 Å². The predicted molar refractivity (Wildman–Crippen MR) is 122 cm³/mol. The normalized spacial score (nSPS) is 16.5. The second-order valence-corrected chi connectivity index (χ2v) is 8.47. The van der Waals surface area contributed by atoms with Crippen molar-refractivity contribution in [1.82, 2.24) is 14.9 Å². The van der Waals surface area contributed by atoms with Crippen LogP contribution in [-0.2, 0) is 26.9 Å². The van der Waals surface area contributed by atoms with Gasteiger partial charge in [-0.15, -0.1) is 0 Å². The average Bonchev–Trinajstić information content (AvgIpc) is 2.81. The minimum Gasteiger partial charge on any atom is -0.464 e. The fourth-order valence-corrected chi connectivity index (χ4v) is 4.06. The number of aryl methyl sites for hydroxylation is 1. The van der Waals surface area contributed by atoms with E-state index in [1.165, 1.54) is 0 Å². The highest BCUT2D eigenvalue weighted by Gasteiger charge is 2.45. The highest BCUT2D eigenvalue weighted by atomic mass is 35.5. The number of esters is 1. The number of benzene rings is 1. The molecule has 2 heterocycles. The Morgan fingerprint density at radius 1 is 1.19 bits per heavy atom. The second-order valence-electron chi connectivity index (χ2n) is 8.11. The monoisotopic (exact) mass is 553 g/mol. The lowest BCUT2D eigenvalue weighted by molar-refractivity contribution is -0.186. The van der Waals surface area contributed by atoms with Crippen molar-refractivity contribution < 1.29 is 40.7 Å². The minimum atomic E-state index is -5.03. The van der Waals surface area contributed by atoms with Crippen molar-refractivity contribution in [3.63, 3.8) is 0 Å². The lowest BCUT2D eigenvalue weighted by atomic mass is 10.1. The van der Waals surface area contributed by atoms with Gasteiger partial charge in [0.25, 0.3) is 0 Å². The fourth-order valence-electron chi connectivity index (χ4n) is 3.82. The van der Waals surface area contributed by atoms with Crippen LogP contribution in [0.3, 0.4) is 0 Å². The Bertz CT molecular complexity index is 1160. The number of ether oxygens (including phenoxy) is 1. The third kappa shape index (κ3) is 6.93.